The van der Waals surface area contributed by atoms with Crippen LogP contribution in [-0.4, -0.2) is 22.7 Å². The molecule has 0 aliphatic heterocycles. The molecule has 1 aromatic heterocycles. The molecular weight excluding hydrogens is 261 g/mol. The molecule has 1 atom stereocenters. The van der Waals surface area contributed by atoms with Gasteiger partial charge in [-0.3, -0.25) is 5.32 Å². The van der Waals surface area contributed by atoms with Gasteiger partial charge in [0.05, 0.1) is 18.8 Å². The van der Waals surface area contributed by atoms with Crippen molar-refractivity contribution in [2.75, 3.05) is 11.9 Å². The molecule has 1 aromatic carbocycles. The van der Waals surface area contributed by atoms with Crippen LogP contribution < -0.4 is 10.6 Å². The number of carbonyl (C=O) groups excluding carboxylic acids is 1. The minimum Gasteiger partial charge on any atom is -0.394 e. The summed E-state index contributed by atoms with van der Waals surface area (Å²) in [4.78, 5) is 15.5. The van der Waals surface area contributed by atoms with E-state index < -0.39 is 17.9 Å². The molecular formula is C14H14FN3O2. The molecule has 0 aliphatic carbocycles. The molecule has 3 N–H and O–H groups in total. The average Bonchev–Trinajstić information content (AvgIpc) is 2.48. The molecule has 0 saturated heterocycles. The second-order valence-corrected chi connectivity index (χ2v) is 4.11. The van der Waals surface area contributed by atoms with Crippen molar-refractivity contribution in [2.24, 2.45) is 0 Å². The predicted molar refractivity (Wildman–Crippen MR) is 72.6 cm³/mol. The van der Waals surface area contributed by atoms with Crippen molar-refractivity contribution >= 4 is 11.8 Å². The van der Waals surface area contributed by atoms with Gasteiger partial charge in [-0.2, -0.15) is 0 Å². The molecule has 2 rings (SSSR count). The summed E-state index contributed by atoms with van der Waals surface area (Å²) < 4.78 is 12.7. The molecule has 20 heavy (non-hydrogen) atoms. The third-order valence-electron chi connectivity index (χ3n) is 2.66. The number of aromatic nitrogens is 1. The van der Waals surface area contributed by atoms with Crippen molar-refractivity contribution in [3.63, 3.8) is 0 Å². The lowest BCUT2D eigenvalue weighted by Gasteiger charge is -2.16. The topological polar surface area (TPSA) is 74.2 Å². The maximum absolute atomic E-state index is 12.7. The smallest absolute Gasteiger partial charge is 0.320 e. The van der Waals surface area contributed by atoms with Crippen molar-refractivity contribution in [3.05, 3.63) is 60.0 Å². The highest BCUT2D eigenvalue weighted by molar-refractivity contribution is 5.88. The second-order valence-electron chi connectivity index (χ2n) is 4.11. The molecule has 0 fully saturated rings. The van der Waals surface area contributed by atoms with E-state index in [-0.39, 0.29) is 12.4 Å². The summed E-state index contributed by atoms with van der Waals surface area (Å²) in [6, 6.07) is 10.6. The second kappa shape index (κ2) is 6.63. The minimum atomic E-state index is -0.521. The van der Waals surface area contributed by atoms with E-state index in [0.717, 1.165) is 11.8 Å². The van der Waals surface area contributed by atoms with Gasteiger partial charge in [-0.25, -0.2) is 14.2 Å². The van der Waals surface area contributed by atoms with Crippen LogP contribution in [0.1, 0.15) is 11.6 Å². The Bertz CT molecular complexity index is 560. The number of nitrogens with zero attached hydrogens (tertiary/aromatic N) is 1. The third kappa shape index (κ3) is 3.76. The van der Waals surface area contributed by atoms with E-state index in [1.54, 1.807) is 12.1 Å². The number of aliphatic hydroxyl groups excluding tert-OH is 1. The lowest BCUT2D eigenvalue weighted by molar-refractivity contribution is 0.225. The summed E-state index contributed by atoms with van der Waals surface area (Å²) in [5.74, 6) is -0.248. The molecule has 104 valence electrons. The molecule has 0 saturated carbocycles. The van der Waals surface area contributed by atoms with Gasteiger partial charge >= 0.3 is 6.03 Å². The first-order valence-electron chi connectivity index (χ1n) is 6.04. The zero-order chi connectivity index (χ0) is 14.4. The van der Waals surface area contributed by atoms with E-state index in [1.165, 1.54) is 12.1 Å². The SMILES string of the molecule is O=C(Nc1ccc(F)cn1)N[C@@H](CO)c1ccccc1. The number of hydrogen-bond donors (Lipinski definition) is 3. The fourth-order valence-corrected chi connectivity index (χ4v) is 1.68. The third-order valence-corrected chi connectivity index (χ3v) is 2.66. The molecule has 1 heterocycles. The van der Waals surface area contributed by atoms with Crippen LogP contribution in [0.5, 0.6) is 0 Å². The Morgan fingerprint density at radius 3 is 2.60 bits per heavy atom. The zero-order valence-electron chi connectivity index (χ0n) is 10.6. The number of hydrogen-bond acceptors (Lipinski definition) is 3. The number of rotatable bonds is 4. The number of amides is 2. The van der Waals surface area contributed by atoms with Gasteiger partial charge in [-0.05, 0) is 17.7 Å². The van der Waals surface area contributed by atoms with Gasteiger partial charge in [0, 0.05) is 0 Å². The van der Waals surface area contributed by atoms with E-state index in [9.17, 15) is 14.3 Å². The normalized spacial score (nSPS) is 11.7. The van der Waals surface area contributed by atoms with Crippen molar-refractivity contribution in [1.29, 1.82) is 0 Å². The summed E-state index contributed by atoms with van der Waals surface area (Å²) in [7, 11) is 0. The van der Waals surface area contributed by atoms with Crippen LogP contribution in [0, 0.1) is 5.82 Å². The quantitative estimate of drug-likeness (QED) is 0.799. The lowest BCUT2D eigenvalue weighted by Crippen LogP contribution is -2.34. The molecule has 0 bridgehead atoms. The number of aliphatic hydroxyl groups is 1. The molecule has 0 unspecified atom stereocenters. The summed E-state index contributed by atoms with van der Waals surface area (Å²) >= 11 is 0. The van der Waals surface area contributed by atoms with E-state index in [1.807, 2.05) is 18.2 Å². The van der Waals surface area contributed by atoms with Crippen molar-refractivity contribution in [1.82, 2.24) is 10.3 Å². The molecule has 0 aliphatic rings. The summed E-state index contributed by atoms with van der Waals surface area (Å²) in [5.41, 5.74) is 0.789. The number of urea groups is 1. The first kappa shape index (κ1) is 14.0. The van der Waals surface area contributed by atoms with Crippen molar-refractivity contribution in [2.45, 2.75) is 6.04 Å². The number of carbonyl (C=O) groups is 1. The predicted octanol–water partition coefficient (Wildman–Crippen LogP) is 2.08. The van der Waals surface area contributed by atoms with Gasteiger partial charge in [0.2, 0.25) is 0 Å². The Labute approximate surface area is 115 Å². The van der Waals surface area contributed by atoms with Crippen LogP contribution in [0.4, 0.5) is 15.0 Å². The highest BCUT2D eigenvalue weighted by Crippen LogP contribution is 2.12. The van der Waals surface area contributed by atoms with Crippen molar-refractivity contribution in [3.8, 4) is 0 Å². The lowest BCUT2D eigenvalue weighted by atomic mass is 10.1. The largest absolute Gasteiger partial charge is 0.394 e. The van der Waals surface area contributed by atoms with Gasteiger partial charge in [-0.15, -0.1) is 0 Å². The van der Waals surface area contributed by atoms with E-state index in [0.29, 0.717) is 0 Å². The number of anilines is 1. The van der Waals surface area contributed by atoms with Gasteiger partial charge in [0.15, 0.2) is 0 Å². The van der Waals surface area contributed by atoms with Crippen LogP contribution in [-0.2, 0) is 0 Å². The highest BCUT2D eigenvalue weighted by atomic mass is 19.1. The van der Waals surface area contributed by atoms with Crippen molar-refractivity contribution < 1.29 is 14.3 Å². The maximum Gasteiger partial charge on any atom is 0.320 e. The van der Waals surface area contributed by atoms with Gasteiger partial charge in [0.1, 0.15) is 11.6 Å². The maximum atomic E-state index is 12.7. The first-order chi connectivity index (χ1) is 9.69. The van der Waals surface area contributed by atoms with Crippen LogP contribution in [0.15, 0.2) is 48.7 Å². The summed E-state index contributed by atoms with van der Waals surface area (Å²) in [6.45, 7) is -0.228. The van der Waals surface area contributed by atoms with Gasteiger partial charge < -0.3 is 10.4 Å². The van der Waals surface area contributed by atoms with Crippen LogP contribution >= 0.6 is 0 Å². The Kier molecular flexibility index (Phi) is 4.62. The molecule has 5 nitrogen and oxygen atoms in total. The van der Waals surface area contributed by atoms with Crippen LogP contribution in [0.3, 0.4) is 0 Å². The molecule has 0 spiro atoms. The standard InChI is InChI=1S/C14H14FN3O2/c15-11-6-7-13(16-8-11)18-14(20)17-12(9-19)10-4-2-1-3-5-10/h1-8,12,19H,9H2,(H2,16,17,18,20)/t12-/m0/s1. The fraction of sp³-hybridized carbons (Fsp3) is 0.143. The average molecular weight is 275 g/mol. The zero-order valence-corrected chi connectivity index (χ0v) is 10.6. The molecule has 6 heteroatoms. The Balaban J connectivity index is 1.97. The monoisotopic (exact) mass is 275 g/mol. The first-order valence-corrected chi connectivity index (χ1v) is 6.04. The molecule has 2 amide bonds. The van der Waals surface area contributed by atoms with Crippen LogP contribution in [0.25, 0.3) is 0 Å². The minimum absolute atomic E-state index is 0.228. The Morgan fingerprint density at radius 1 is 1.25 bits per heavy atom. The van der Waals surface area contributed by atoms with E-state index >= 15 is 0 Å². The Morgan fingerprint density at radius 2 is 2.00 bits per heavy atom. The molecule has 0 radical (unpaired) electrons. The number of benzene rings is 1. The highest BCUT2D eigenvalue weighted by Gasteiger charge is 2.13. The van der Waals surface area contributed by atoms with Crippen LogP contribution in [0.2, 0.25) is 0 Å². The fourth-order valence-electron chi connectivity index (χ4n) is 1.68. The van der Waals surface area contributed by atoms with E-state index in [2.05, 4.69) is 15.6 Å². The Hall–Kier alpha value is -2.47. The number of nitrogens with one attached hydrogen (secondary N) is 2. The number of halogens is 1. The molecule has 2 aromatic rings. The van der Waals surface area contributed by atoms with E-state index in [4.69, 9.17) is 0 Å². The number of pyridine rings is 1. The summed E-state index contributed by atoms with van der Waals surface area (Å²) in [6.07, 6.45) is 1.01. The van der Waals surface area contributed by atoms with Gasteiger partial charge in [-0.1, -0.05) is 30.3 Å². The summed E-state index contributed by atoms with van der Waals surface area (Å²) in [5, 5.41) is 14.4. The van der Waals surface area contributed by atoms with Gasteiger partial charge in [0.25, 0.3) is 0 Å².